The number of amides is 1. The van der Waals surface area contributed by atoms with Crippen LogP contribution in [0.15, 0.2) is 36.4 Å². The van der Waals surface area contributed by atoms with Gasteiger partial charge in [0.1, 0.15) is 4.88 Å². The molecule has 30 heavy (non-hydrogen) atoms. The van der Waals surface area contributed by atoms with Gasteiger partial charge < -0.3 is 4.74 Å². The second-order valence-electron chi connectivity index (χ2n) is 7.31. The molecule has 0 bridgehead atoms. The van der Waals surface area contributed by atoms with E-state index in [1.807, 2.05) is 43.3 Å². The van der Waals surface area contributed by atoms with Crippen molar-refractivity contribution in [2.24, 2.45) is 0 Å². The largest absolute Gasteiger partial charge is 0.376 e. The lowest BCUT2D eigenvalue weighted by atomic mass is 10.2. The van der Waals surface area contributed by atoms with Crippen LogP contribution in [0.4, 0.5) is 5.13 Å². The third-order valence-corrected chi connectivity index (χ3v) is 8.47. The molecule has 1 fully saturated rings. The van der Waals surface area contributed by atoms with Gasteiger partial charge >= 0.3 is 0 Å². The molecule has 0 aliphatic carbocycles. The summed E-state index contributed by atoms with van der Waals surface area (Å²) >= 11 is 15.8. The van der Waals surface area contributed by atoms with E-state index in [1.165, 1.54) is 22.7 Å². The highest BCUT2D eigenvalue weighted by molar-refractivity contribution is 7.23. The number of anilines is 1. The van der Waals surface area contributed by atoms with Gasteiger partial charge in [-0.1, -0.05) is 52.7 Å². The summed E-state index contributed by atoms with van der Waals surface area (Å²) in [6, 6.07) is 11.6. The van der Waals surface area contributed by atoms with E-state index < -0.39 is 0 Å². The third kappa shape index (κ3) is 3.51. The minimum Gasteiger partial charge on any atom is -0.376 e. The molecule has 8 heteroatoms. The Hall–Kier alpha value is -1.70. The van der Waals surface area contributed by atoms with Crippen LogP contribution in [-0.4, -0.2) is 30.1 Å². The maximum absolute atomic E-state index is 13.7. The van der Waals surface area contributed by atoms with Gasteiger partial charge in [-0.3, -0.25) is 9.69 Å². The molecule has 1 atom stereocenters. The van der Waals surface area contributed by atoms with E-state index in [4.69, 9.17) is 32.9 Å². The predicted molar refractivity (Wildman–Crippen MR) is 127 cm³/mol. The Kier molecular flexibility index (Phi) is 5.45. The van der Waals surface area contributed by atoms with Crippen LogP contribution in [-0.2, 0) is 4.74 Å². The average molecular weight is 477 g/mol. The lowest BCUT2D eigenvalue weighted by Gasteiger charge is -2.22. The lowest BCUT2D eigenvalue weighted by Crippen LogP contribution is -2.37. The van der Waals surface area contributed by atoms with Gasteiger partial charge in [-0.05, 0) is 43.5 Å². The molecule has 0 spiro atoms. The topological polar surface area (TPSA) is 42.4 Å². The Morgan fingerprint density at radius 3 is 2.80 bits per heavy atom. The highest BCUT2D eigenvalue weighted by Gasteiger charge is 2.30. The summed E-state index contributed by atoms with van der Waals surface area (Å²) in [4.78, 5) is 20.7. The first-order valence-electron chi connectivity index (χ1n) is 9.69. The smallest absolute Gasteiger partial charge is 0.271 e. The summed E-state index contributed by atoms with van der Waals surface area (Å²) in [5, 5.41) is 2.71. The summed E-state index contributed by atoms with van der Waals surface area (Å²) in [5.41, 5.74) is 1.75. The predicted octanol–water partition coefficient (Wildman–Crippen LogP) is 6.95. The number of carbonyl (C=O) groups is 1. The van der Waals surface area contributed by atoms with Gasteiger partial charge in [0.25, 0.3) is 5.91 Å². The highest BCUT2D eigenvalue weighted by atomic mass is 35.5. The van der Waals surface area contributed by atoms with Gasteiger partial charge in [-0.25, -0.2) is 4.98 Å². The van der Waals surface area contributed by atoms with Gasteiger partial charge in [0.05, 0.1) is 27.9 Å². The standard InChI is InChI=1S/C22H18Cl2N2O2S2/c1-12-15(23)8-9-17-19(12)25-22(30-17)26(11-13-5-4-10-28-13)21(27)20-18(24)14-6-2-3-7-16(14)29-20/h2-3,6-9,13H,4-5,10-11H2,1H3. The molecule has 2 aromatic carbocycles. The second kappa shape index (κ2) is 8.09. The number of hydrogen-bond donors (Lipinski definition) is 0. The fourth-order valence-electron chi connectivity index (χ4n) is 3.72. The van der Waals surface area contributed by atoms with Crippen molar-refractivity contribution < 1.29 is 9.53 Å². The third-order valence-electron chi connectivity index (χ3n) is 5.35. The number of hydrogen-bond acceptors (Lipinski definition) is 5. The molecule has 1 unspecified atom stereocenters. The van der Waals surface area contributed by atoms with E-state index in [9.17, 15) is 4.79 Å². The first kappa shape index (κ1) is 20.2. The summed E-state index contributed by atoms with van der Waals surface area (Å²) in [6.07, 6.45) is 1.93. The minimum atomic E-state index is -0.139. The average Bonchev–Trinajstić information content (AvgIpc) is 3.48. The van der Waals surface area contributed by atoms with E-state index in [2.05, 4.69) is 0 Å². The molecule has 1 aliphatic heterocycles. The Morgan fingerprint density at radius 1 is 1.20 bits per heavy atom. The number of nitrogens with zero attached hydrogens (tertiary/aromatic N) is 2. The van der Waals surface area contributed by atoms with E-state index in [1.54, 1.807) is 4.90 Å². The Labute approximate surface area is 192 Å². The van der Waals surface area contributed by atoms with Crippen LogP contribution >= 0.6 is 45.9 Å². The number of halogens is 2. The molecule has 3 heterocycles. The molecule has 1 aliphatic rings. The van der Waals surface area contributed by atoms with Crippen molar-refractivity contribution in [3.63, 3.8) is 0 Å². The van der Waals surface area contributed by atoms with E-state index in [-0.39, 0.29) is 12.0 Å². The number of aromatic nitrogens is 1. The number of carbonyl (C=O) groups excluding carboxylic acids is 1. The number of aryl methyl sites for hydroxylation is 1. The van der Waals surface area contributed by atoms with Crippen LogP contribution in [0.1, 0.15) is 28.1 Å². The van der Waals surface area contributed by atoms with E-state index in [0.29, 0.717) is 26.6 Å². The van der Waals surface area contributed by atoms with E-state index >= 15 is 0 Å². The van der Waals surface area contributed by atoms with Gasteiger partial charge in [-0.2, -0.15) is 0 Å². The fourth-order valence-corrected chi connectivity index (χ4v) is 6.36. The Morgan fingerprint density at radius 2 is 2.03 bits per heavy atom. The van der Waals surface area contributed by atoms with Crippen molar-refractivity contribution in [3.05, 3.63) is 56.9 Å². The van der Waals surface area contributed by atoms with Crippen molar-refractivity contribution in [3.8, 4) is 0 Å². The molecule has 5 rings (SSSR count). The number of fused-ring (bicyclic) bond motifs is 2. The second-order valence-corrected chi connectivity index (χ2v) is 10.2. The molecule has 4 aromatic rings. The summed E-state index contributed by atoms with van der Waals surface area (Å²) in [7, 11) is 0. The molecular formula is C22H18Cl2N2O2S2. The van der Waals surface area contributed by atoms with Crippen LogP contribution in [0.25, 0.3) is 20.3 Å². The number of thiophene rings is 1. The summed E-state index contributed by atoms with van der Waals surface area (Å²) in [5.74, 6) is -0.139. The van der Waals surface area contributed by atoms with E-state index in [0.717, 1.165) is 45.3 Å². The van der Waals surface area contributed by atoms with Crippen LogP contribution in [0, 0.1) is 6.92 Å². The normalized spacial score (nSPS) is 16.6. The molecule has 1 saturated heterocycles. The van der Waals surface area contributed by atoms with Crippen molar-refractivity contribution in [1.29, 1.82) is 0 Å². The van der Waals surface area contributed by atoms with Crippen LogP contribution < -0.4 is 4.90 Å². The molecule has 154 valence electrons. The molecule has 1 amide bonds. The number of benzene rings is 2. The maximum atomic E-state index is 13.7. The Bertz CT molecular complexity index is 1260. The van der Waals surface area contributed by atoms with Crippen molar-refractivity contribution in [2.45, 2.75) is 25.9 Å². The highest BCUT2D eigenvalue weighted by Crippen LogP contribution is 2.39. The Balaban J connectivity index is 1.60. The number of rotatable bonds is 4. The number of ether oxygens (including phenoxy) is 1. The minimum absolute atomic E-state index is 0.00111. The first-order chi connectivity index (χ1) is 14.5. The van der Waals surface area contributed by atoms with Gasteiger partial charge in [-0.15, -0.1) is 11.3 Å². The SMILES string of the molecule is Cc1c(Cl)ccc2sc(N(CC3CCCO3)C(=O)c3sc4ccccc4c3Cl)nc12. The van der Waals surface area contributed by atoms with Crippen LogP contribution in [0.3, 0.4) is 0 Å². The molecule has 0 saturated carbocycles. The fraction of sp³-hybridized carbons (Fsp3) is 0.273. The molecule has 4 nitrogen and oxygen atoms in total. The lowest BCUT2D eigenvalue weighted by molar-refractivity contribution is 0.0921. The monoisotopic (exact) mass is 476 g/mol. The summed E-state index contributed by atoms with van der Waals surface area (Å²) in [6.45, 7) is 3.13. The quantitative estimate of drug-likeness (QED) is 0.319. The molecule has 2 aromatic heterocycles. The first-order valence-corrected chi connectivity index (χ1v) is 12.1. The zero-order valence-corrected chi connectivity index (χ0v) is 19.3. The molecule has 0 radical (unpaired) electrons. The van der Waals surface area contributed by atoms with Gasteiger partial charge in [0.2, 0.25) is 0 Å². The van der Waals surface area contributed by atoms with Crippen LogP contribution in [0.2, 0.25) is 10.0 Å². The van der Waals surface area contributed by atoms with Gasteiger partial charge in [0.15, 0.2) is 5.13 Å². The van der Waals surface area contributed by atoms with Gasteiger partial charge in [0, 0.05) is 21.7 Å². The van der Waals surface area contributed by atoms with Crippen molar-refractivity contribution in [1.82, 2.24) is 4.98 Å². The van der Waals surface area contributed by atoms with Crippen LogP contribution in [0.5, 0.6) is 0 Å². The van der Waals surface area contributed by atoms with Crippen molar-refractivity contribution in [2.75, 3.05) is 18.1 Å². The number of thiazole rings is 1. The molecule has 0 N–H and O–H groups in total. The molecular weight excluding hydrogens is 459 g/mol. The zero-order chi connectivity index (χ0) is 20.8. The summed E-state index contributed by atoms with van der Waals surface area (Å²) < 4.78 is 7.82. The van der Waals surface area contributed by atoms with Crippen molar-refractivity contribution >= 4 is 77.2 Å². The maximum Gasteiger partial charge on any atom is 0.271 e. The zero-order valence-electron chi connectivity index (χ0n) is 16.2.